The molecule has 0 unspecified atom stereocenters. The molecule has 0 radical (unpaired) electrons. The summed E-state index contributed by atoms with van der Waals surface area (Å²) in [5, 5.41) is 0. The fourth-order valence-electron chi connectivity index (χ4n) is 2.61. The van der Waals surface area contributed by atoms with Gasteiger partial charge in [-0.1, -0.05) is 36.4 Å². The van der Waals surface area contributed by atoms with E-state index in [-0.39, 0.29) is 11.3 Å². The number of hydrogen-bond donors (Lipinski definition) is 0. The maximum atomic E-state index is 13.8. The molecule has 0 bridgehead atoms. The van der Waals surface area contributed by atoms with Crippen molar-refractivity contribution in [3.05, 3.63) is 90.4 Å². The molecule has 3 aromatic carbocycles. The predicted octanol–water partition coefficient (Wildman–Crippen LogP) is 5.57. The van der Waals surface area contributed by atoms with Gasteiger partial charge < -0.3 is 18.9 Å². The van der Waals surface area contributed by atoms with Gasteiger partial charge in [0, 0.05) is 11.6 Å². The normalized spacial score (nSPS) is 10.9. The van der Waals surface area contributed by atoms with Gasteiger partial charge in [-0.25, -0.2) is 9.18 Å². The Morgan fingerprint density at radius 2 is 1.45 bits per heavy atom. The van der Waals surface area contributed by atoms with Crippen LogP contribution in [-0.4, -0.2) is 20.2 Å². The second-order valence-electron chi connectivity index (χ2n) is 5.86. The Balaban J connectivity index is 1.89. The molecule has 5 nitrogen and oxygen atoms in total. The Labute approximate surface area is 167 Å². The summed E-state index contributed by atoms with van der Waals surface area (Å²) in [5.74, 6) is 0.375. The molecule has 29 heavy (non-hydrogen) atoms. The quantitative estimate of drug-likeness (QED) is 0.298. The molecule has 0 amide bonds. The van der Waals surface area contributed by atoms with Crippen molar-refractivity contribution in [2.75, 3.05) is 14.2 Å². The van der Waals surface area contributed by atoms with Crippen LogP contribution < -0.4 is 9.47 Å². The van der Waals surface area contributed by atoms with E-state index in [9.17, 15) is 9.18 Å². The minimum atomic E-state index is -0.556. The second-order valence-corrected chi connectivity index (χ2v) is 5.86. The lowest BCUT2D eigenvalue weighted by atomic mass is 10.1. The molecule has 0 spiro atoms. The van der Waals surface area contributed by atoms with Gasteiger partial charge in [-0.15, -0.1) is 0 Å². The van der Waals surface area contributed by atoms with Gasteiger partial charge in [-0.05, 0) is 30.3 Å². The van der Waals surface area contributed by atoms with Crippen LogP contribution in [0.15, 0.2) is 79.1 Å². The summed E-state index contributed by atoms with van der Waals surface area (Å²) in [5.41, 5.74) is 0.714. The monoisotopic (exact) mass is 394 g/mol. The van der Waals surface area contributed by atoms with Gasteiger partial charge >= 0.3 is 5.97 Å². The van der Waals surface area contributed by atoms with Gasteiger partial charge in [0.05, 0.1) is 20.5 Å². The van der Waals surface area contributed by atoms with E-state index in [4.69, 9.17) is 18.9 Å². The average Bonchev–Trinajstić information content (AvgIpc) is 2.74. The van der Waals surface area contributed by atoms with Crippen molar-refractivity contribution in [3.8, 4) is 23.0 Å². The maximum Gasteiger partial charge on any atom is 0.341 e. The molecule has 0 aliphatic carbocycles. The standard InChI is InChI=1S/C23H19FO5/c1-26-15-19(23(25)27-2)18-10-3-5-12-21(18)28-16-8-7-9-17(14-16)29-22-13-6-4-11-20(22)24/h3-15H,1-2H3/b19-15+. The zero-order valence-corrected chi connectivity index (χ0v) is 15.9. The van der Waals surface area contributed by atoms with Crippen LogP contribution in [0.1, 0.15) is 5.56 Å². The van der Waals surface area contributed by atoms with E-state index in [1.165, 1.54) is 32.6 Å². The van der Waals surface area contributed by atoms with Crippen LogP contribution in [0.2, 0.25) is 0 Å². The number of rotatable bonds is 7. The van der Waals surface area contributed by atoms with Crippen molar-refractivity contribution in [1.29, 1.82) is 0 Å². The lowest BCUT2D eigenvalue weighted by molar-refractivity contribution is -0.133. The summed E-state index contributed by atoms with van der Waals surface area (Å²) in [7, 11) is 2.73. The molecule has 0 aliphatic heterocycles. The molecule has 3 aromatic rings. The van der Waals surface area contributed by atoms with Crippen molar-refractivity contribution < 1.29 is 28.1 Å². The summed E-state index contributed by atoms with van der Waals surface area (Å²) in [6.07, 6.45) is 1.30. The van der Waals surface area contributed by atoms with Crippen LogP contribution in [0.3, 0.4) is 0 Å². The molecule has 0 saturated carbocycles. The molecule has 0 N–H and O–H groups in total. The Morgan fingerprint density at radius 3 is 2.10 bits per heavy atom. The highest BCUT2D eigenvalue weighted by molar-refractivity contribution is 6.17. The van der Waals surface area contributed by atoms with Crippen molar-refractivity contribution in [1.82, 2.24) is 0 Å². The first-order valence-electron chi connectivity index (χ1n) is 8.73. The molecule has 0 saturated heterocycles. The molecule has 0 fully saturated rings. The number of para-hydroxylation sites is 2. The van der Waals surface area contributed by atoms with Crippen LogP contribution in [0.5, 0.6) is 23.0 Å². The van der Waals surface area contributed by atoms with Crippen LogP contribution >= 0.6 is 0 Å². The first-order valence-corrected chi connectivity index (χ1v) is 8.73. The first kappa shape index (κ1) is 19.9. The minimum absolute atomic E-state index is 0.112. The van der Waals surface area contributed by atoms with E-state index in [0.29, 0.717) is 22.8 Å². The molecule has 3 rings (SSSR count). The zero-order valence-electron chi connectivity index (χ0n) is 15.9. The van der Waals surface area contributed by atoms with Crippen LogP contribution in [0.25, 0.3) is 5.57 Å². The van der Waals surface area contributed by atoms with Crippen molar-refractivity contribution in [3.63, 3.8) is 0 Å². The fraction of sp³-hybridized carbons (Fsp3) is 0.0870. The van der Waals surface area contributed by atoms with Crippen molar-refractivity contribution >= 4 is 11.5 Å². The summed E-state index contributed by atoms with van der Waals surface area (Å²) in [6.45, 7) is 0. The van der Waals surface area contributed by atoms with E-state index < -0.39 is 11.8 Å². The third-order valence-corrected chi connectivity index (χ3v) is 3.92. The third kappa shape index (κ3) is 4.93. The number of carbonyl (C=O) groups is 1. The van der Waals surface area contributed by atoms with Gasteiger partial charge in [-0.3, -0.25) is 0 Å². The Kier molecular flexibility index (Phi) is 6.47. The highest BCUT2D eigenvalue weighted by Gasteiger charge is 2.18. The Morgan fingerprint density at radius 1 is 0.828 bits per heavy atom. The largest absolute Gasteiger partial charge is 0.503 e. The number of methoxy groups -OCH3 is 2. The van der Waals surface area contributed by atoms with Gasteiger partial charge in [0.25, 0.3) is 0 Å². The fourth-order valence-corrected chi connectivity index (χ4v) is 2.61. The summed E-state index contributed by atoms with van der Waals surface area (Å²) in [4.78, 5) is 12.1. The molecule has 6 heteroatoms. The molecule has 0 atom stereocenters. The minimum Gasteiger partial charge on any atom is -0.503 e. The van der Waals surface area contributed by atoms with Crippen LogP contribution in [0, 0.1) is 5.82 Å². The van der Waals surface area contributed by atoms with Gasteiger partial charge in [-0.2, -0.15) is 0 Å². The van der Waals surface area contributed by atoms with Crippen molar-refractivity contribution in [2.45, 2.75) is 0 Å². The predicted molar refractivity (Wildman–Crippen MR) is 106 cm³/mol. The number of carbonyl (C=O) groups excluding carboxylic acids is 1. The molecule has 0 aliphatic rings. The third-order valence-electron chi connectivity index (χ3n) is 3.92. The molecule has 0 heterocycles. The van der Waals surface area contributed by atoms with Gasteiger partial charge in [0.15, 0.2) is 11.6 Å². The van der Waals surface area contributed by atoms with Crippen LogP contribution in [0.4, 0.5) is 4.39 Å². The highest BCUT2D eigenvalue weighted by Crippen LogP contribution is 2.33. The number of hydrogen-bond acceptors (Lipinski definition) is 5. The summed E-state index contributed by atoms with van der Waals surface area (Å²) < 4.78 is 35.2. The van der Waals surface area contributed by atoms with Crippen molar-refractivity contribution in [2.24, 2.45) is 0 Å². The van der Waals surface area contributed by atoms with E-state index in [0.717, 1.165) is 0 Å². The van der Waals surface area contributed by atoms with Gasteiger partial charge in [0.1, 0.15) is 22.8 Å². The van der Waals surface area contributed by atoms with E-state index in [1.54, 1.807) is 60.7 Å². The topological polar surface area (TPSA) is 54.0 Å². The number of ether oxygens (including phenoxy) is 4. The van der Waals surface area contributed by atoms with Gasteiger partial charge in [0.2, 0.25) is 0 Å². The van der Waals surface area contributed by atoms with E-state index in [1.807, 2.05) is 0 Å². The second kappa shape index (κ2) is 9.41. The number of halogens is 1. The smallest absolute Gasteiger partial charge is 0.341 e. The zero-order chi connectivity index (χ0) is 20.6. The average molecular weight is 394 g/mol. The molecule has 0 aromatic heterocycles. The van der Waals surface area contributed by atoms with Crippen LogP contribution in [-0.2, 0) is 14.3 Å². The summed E-state index contributed by atoms with van der Waals surface area (Å²) >= 11 is 0. The van der Waals surface area contributed by atoms with E-state index >= 15 is 0 Å². The molecular weight excluding hydrogens is 375 g/mol. The SMILES string of the molecule is CO/C=C(/C(=O)OC)c1ccccc1Oc1cccc(Oc2ccccc2F)c1. The Bertz CT molecular complexity index is 1030. The number of esters is 1. The van der Waals surface area contributed by atoms with E-state index in [2.05, 4.69) is 0 Å². The molecular formula is C23H19FO5. The molecule has 148 valence electrons. The first-order chi connectivity index (χ1) is 14.1. The lowest BCUT2D eigenvalue weighted by Crippen LogP contribution is -2.05. The maximum absolute atomic E-state index is 13.8. The lowest BCUT2D eigenvalue weighted by Gasteiger charge is -2.13. The summed E-state index contributed by atoms with van der Waals surface area (Å²) in [6, 6.07) is 19.9. The number of benzene rings is 3. The Hall–Kier alpha value is -3.80. The highest BCUT2D eigenvalue weighted by atomic mass is 19.1.